The highest BCUT2D eigenvalue weighted by atomic mass is 79.9. The van der Waals surface area contributed by atoms with Gasteiger partial charge < -0.3 is 15.0 Å². The largest absolute Gasteiger partial charge is 0.497 e. The highest BCUT2D eigenvalue weighted by molar-refractivity contribution is 9.10. The van der Waals surface area contributed by atoms with Gasteiger partial charge in [-0.05, 0) is 69.2 Å². The van der Waals surface area contributed by atoms with Crippen LogP contribution in [0.2, 0.25) is 0 Å². The molecule has 1 N–H and O–H groups in total. The summed E-state index contributed by atoms with van der Waals surface area (Å²) in [6, 6.07) is 13.1. The van der Waals surface area contributed by atoms with Crippen LogP contribution in [0.25, 0.3) is 0 Å². The normalized spacial score (nSPS) is 12.5. The van der Waals surface area contributed by atoms with E-state index in [1.165, 1.54) is 4.90 Å². The summed E-state index contributed by atoms with van der Waals surface area (Å²) in [7, 11) is -2.22. The number of hydrogen-bond donors (Lipinski definition) is 1. The monoisotopic (exact) mass is 567 g/mol. The number of rotatable bonds is 10. The lowest BCUT2D eigenvalue weighted by atomic mass is 10.1. The molecule has 0 aromatic heterocycles. The first-order valence-electron chi connectivity index (χ1n) is 11.2. The molecule has 0 bridgehead atoms. The molecule has 192 valence electrons. The Balaban J connectivity index is 2.46. The number of sulfonamides is 1. The molecule has 0 radical (unpaired) electrons. The Labute approximate surface area is 216 Å². The minimum Gasteiger partial charge on any atom is -0.497 e. The highest BCUT2D eigenvalue weighted by Crippen LogP contribution is 2.23. The van der Waals surface area contributed by atoms with Crippen molar-refractivity contribution in [3.8, 4) is 5.75 Å². The molecule has 0 heterocycles. The lowest BCUT2D eigenvalue weighted by Crippen LogP contribution is -2.55. The van der Waals surface area contributed by atoms with Gasteiger partial charge >= 0.3 is 0 Å². The van der Waals surface area contributed by atoms with Crippen LogP contribution >= 0.6 is 15.9 Å². The predicted molar refractivity (Wildman–Crippen MR) is 142 cm³/mol. The Bertz CT molecular complexity index is 1130. The molecule has 1 atom stereocenters. The van der Waals surface area contributed by atoms with E-state index >= 15 is 0 Å². The standard InChI is InChI=1S/C25H34BrN3O5S/c1-7-22(24(31)27-25(2,3)4)28(16-18-9-8-10-21(15-18)34-5)23(30)17-29(35(6,32)33)20-13-11-19(26)12-14-20/h8-15,22H,7,16-17H2,1-6H3,(H,27,31)/t22-/m0/s1. The van der Waals surface area contributed by atoms with E-state index in [1.807, 2.05) is 33.8 Å². The number of ether oxygens (including phenoxy) is 1. The minimum atomic E-state index is -3.77. The summed E-state index contributed by atoms with van der Waals surface area (Å²) in [4.78, 5) is 28.3. The molecule has 0 aliphatic carbocycles. The SMILES string of the molecule is CC[C@@H](C(=O)NC(C)(C)C)N(Cc1cccc(OC)c1)C(=O)CN(c1ccc(Br)cc1)S(C)(=O)=O. The lowest BCUT2D eigenvalue weighted by molar-refractivity contribution is -0.141. The number of nitrogens with zero attached hydrogens (tertiary/aromatic N) is 2. The van der Waals surface area contributed by atoms with E-state index in [0.717, 1.165) is 20.6 Å². The van der Waals surface area contributed by atoms with E-state index in [4.69, 9.17) is 4.74 Å². The van der Waals surface area contributed by atoms with Crippen LogP contribution in [0.3, 0.4) is 0 Å². The number of carbonyl (C=O) groups excluding carboxylic acids is 2. The number of amides is 2. The Morgan fingerprint density at radius 1 is 1.11 bits per heavy atom. The van der Waals surface area contributed by atoms with Crippen molar-refractivity contribution in [3.63, 3.8) is 0 Å². The summed E-state index contributed by atoms with van der Waals surface area (Å²) in [5.74, 6) is -0.169. The fourth-order valence-electron chi connectivity index (χ4n) is 3.56. The van der Waals surface area contributed by atoms with Crippen LogP contribution in [0.4, 0.5) is 5.69 Å². The number of nitrogens with one attached hydrogen (secondary N) is 1. The second kappa shape index (κ2) is 11.9. The van der Waals surface area contributed by atoms with E-state index in [1.54, 1.807) is 49.6 Å². The first kappa shape index (κ1) is 28.6. The average Bonchev–Trinajstić information content (AvgIpc) is 2.76. The van der Waals surface area contributed by atoms with Crippen LogP contribution in [0.1, 0.15) is 39.7 Å². The van der Waals surface area contributed by atoms with Crippen molar-refractivity contribution in [2.75, 3.05) is 24.2 Å². The Morgan fingerprint density at radius 3 is 2.26 bits per heavy atom. The molecule has 8 nitrogen and oxygen atoms in total. The van der Waals surface area contributed by atoms with E-state index in [2.05, 4.69) is 21.2 Å². The van der Waals surface area contributed by atoms with Gasteiger partial charge in [-0.15, -0.1) is 0 Å². The van der Waals surface area contributed by atoms with Gasteiger partial charge in [0.1, 0.15) is 18.3 Å². The van der Waals surface area contributed by atoms with Gasteiger partial charge in [0.25, 0.3) is 0 Å². The zero-order valence-electron chi connectivity index (χ0n) is 21.0. The summed E-state index contributed by atoms with van der Waals surface area (Å²) >= 11 is 3.34. The predicted octanol–water partition coefficient (Wildman–Crippen LogP) is 3.95. The molecule has 0 saturated heterocycles. The second-order valence-corrected chi connectivity index (χ2v) is 12.1. The fourth-order valence-corrected chi connectivity index (χ4v) is 4.67. The van der Waals surface area contributed by atoms with E-state index in [0.29, 0.717) is 17.9 Å². The number of benzene rings is 2. The number of carbonyl (C=O) groups is 2. The second-order valence-electron chi connectivity index (χ2n) is 9.28. The molecule has 35 heavy (non-hydrogen) atoms. The van der Waals surface area contributed by atoms with Gasteiger partial charge in [0.15, 0.2) is 0 Å². The van der Waals surface area contributed by atoms with Crippen molar-refractivity contribution < 1.29 is 22.7 Å². The van der Waals surface area contributed by atoms with Crippen molar-refractivity contribution in [1.82, 2.24) is 10.2 Å². The first-order chi connectivity index (χ1) is 16.2. The average molecular weight is 569 g/mol. The molecule has 10 heteroatoms. The fraction of sp³-hybridized carbons (Fsp3) is 0.440. The maximum atomic E-state index is 13.7. The van der Waals surface area contributed by atoms with E-state index in [-0.39, 0.29) is 12.5 Å². The third-order valence-electron chi connectivity index (χ3n) is 5.16. The molecular weight excluding hydrogens is 534 g/mol. The van der Waals surface area contributed by atoms with Gasteiger partial charge in [0.2, 0.25) is 21.8 Å². The molecule has 0 fully saturated rings. The zero-order chi connectivity index (χ0) is 26.4. The van der Waals surface area contributed by atoms with Crippen LogP contribution in [-0.4, -0.2) is 56.6 Å². The van der Waals surface area contributed by atoms with Crippen LogP contribution in [-0.2, 0) is 26.2 Å². The number of methoxy groups -OCH3 is 1. The molecule has 2 aromatic rings. The zero-order valence-corrected chi connectivity index (χ0v) is 23.4. The summed E-state index contributed by atoms with van der Waals surface area (Å²) in [6.07, 6.45) is 1.41. The summed E-state index contributed by atoms with van der Waals surface area (Å²) < 4.78 is 32.4. The van der Waals surface area contributed by atoms with Gasteiger partial charge in [-0.2, -0.15) is 0 Å². The number of hydrogen-bond acceptors (Lipinski definition) is 5. The maximum absolute atomic E-state index is 13.7. The summed E-state index contributed by atoms with van der Waals surface area (Å²) in [5.41, 5.74) is 0.623. The van der Waals surface area contributed by atoms with Crippen LogP contribution in [0.5, 0.6) is 5.75 Å². The van der Waals surface area contributed by atoms with Crippen molar-refractivity contribution >= 4 is 43.5 Å². The molecule has 2 rings (SSSR count). The maximum Gasteiger partial charge on any atom is 0.244 e. The van der Waals surface area contributed by atoms with Gasteiger partial charge in [0, 0.05) is 16.6 Å². The molecule has 0 aliphatic rings. The van der Waals surface area contributed by atoms with Crippen molar-refractivity contribution in [1.29, 1.82) is 0 Å². The number of anilines is 1. The van der Waals surface area contributed by atoms with Gasteiger partial charge in [-0.1, -0.05) is 35.0 Å². The Kier molecular flexibility index (Phi) is 9.74. The molecule has 2 amide bonds. The molecule has 0 saturated carbocycles. The third kappa shape index (κ3) is 8.54. The molecule has 0 unspecified atom stereocenters. The van der Waals surface area contributed by atoms with Crippen molar-refractivity contribution in [2.24, 2.45) is 0 Å². The smallest absolute Gasteiger partial charge is 0.244 e. The summed E-state index contributed by atoms with van der Waals surface area (Å²) in [6.45, 7) is 7.09. The van der Waals surface area contributed by atoms with Crippen LogP contribution in [0.15, 0.2) is 53.0 Å². The van der Waals surface area contributed by atoms with Crippen LogP contribution < -0.4 is 14.4 Å². The van der Waals surface area contributed by atoms with Crippen molar-refractivity contribution in [2.45, 2.75) is 52.2 Å². The van der Waals surface area contributed by atoms with Gasteiger partial charge in [-0.3, -0.25) is 13.9 Å². The minimum absolute atomic E-state index is 0.115. The molecular formula is C25H34BrN3O5S. The van der Waals surface area contributed by atoms with Crippen molar-refractivity contribution in [3.05, 3.63) is 58.6 Å². The Hall–Kier alpha value is -2.59. The van der Waals surface area contributed by atoms with E-state index in [9.17, 15) is 18.0 Å². The molecule has 2 aromatic carbocycles. The Morgan fingerprint density at radius 2 is 1.74 bits per heavy atom. The highest BCUT2D eigenvalue weighted by Gasteiger charge is 2.33. The quantitative estimate of drug-likeness (QED) is 0.469. The lowest BCUT2D eigenvalue weighted by Gasteiger charge is -2.34. The first-order valence-corrected chi connectivity index (χ1v) is 13.9. The van der Waals surface area contributed by atoms with Crippen LogP contribution in [0, 0.1) is 0 Å². The van der Waals surface area contributed by atoms with E-state index < -0.39 is 34.1 Å². The molecule has 0 aliphatic heterocycles. The third-order valence-corrected chi connectivity index (χ3v) is 6.83. The number of halogens is 1. The van der Waals surface area contributed by atoms with Gasteiger partial charge in [0.05, 0.1) is 19.1 Å². The van der Waals surface area contributed by atoms with Gasteiger partial charge in [-0.25, -0.2) is 8.42 Å². The molecule has 0 spiro atoms. The topological polar surface area (TPSA) is 96.0 Å². The summed E-state index contributed by atoms with van der Waals surface area (Å²) in [5, 5.41) is 2.94.